The van der Waals surface area contributed by atoms with Gasteiger partial charge in [-0.1, -0.05) is 19.8 Å². The van der Waals surface area contributed by atoms with E-state index in [2.05, 4.69) is 13.8 Å². The van der Waals surface area contributed by atoms with Gasteiger partial charge in [0.25, 0.3) is 5.91 Å². The SMILES string of the molecule is C[C@@H]1CCCCCN1C(=O)c1cc(C2(C)CC2)n2nc(B3OC(C)(C)C(C)(C)O3)cc2n1. The standard InChI is InChI=1S/C24H35BN4O3/c1-16-10-8-7-9-13-28(16)21(30)17-14-18(24(6)11-12-24)29-20(26-17)15-19(27-29)25-31-22(2,3)23(4,5)32-25/h14-16H,7-13H2,1-6H3/t16-/m1/s1. The maximum atomic E-state index is 13.5. The molecular weight excluding hydrogens is 403 g/mol. The third kappa shape index (κ3) is 3.56. The highest BCUT2D eigenvalue weighted by atomic mass is 16.7. The van der Waals surface area contributed by atoms with Crippen LogP contribution in [0.15, 0.2) is 12.1 Å². The van der Waals surface area contributed by atoms with Crippen LogP contribution in [0.3, 0.4) is 0 Å². The number of nitrogens with zero attached hydrogens (tertiary/aromatic N) is 4. The Morgan fingerprint density at radius 3 is 2.41 bits per heavy atom. The van der Waals surface area contributed by atoms with E-state index in [1.54, 1.807) is 0 Å². The molecular formula is C24H35BN4O3. The van der Waals surface area contributed by atoms with Gasteiger partial charge < -0.3 is 14.2 Å². The lowest BCUT2D eigenvalue weighted by molar-refractivity contribution is 0.00578. The normalized spacial score (nSPS) is 26.4. The second-order valence-electron chi connectivity index (χ2n) is 11.2. The van der Waals surface area contributed by atoms with Crippen molar-refractivity contribution in [3.05, 3.63) is 23.5 Å². The number of aromatic nitrogens is 3. The quantitative estimate of drug-likeness (QED) is 0.687. The Hall–Kier alpha value is -1.93. The molecule has 32 heavy (non-hydrogen) atoms. The van der Waals surface area contributed by atoms with Crippen molar-refractivity contribution in [2.45, 2.75) is 103 Å². The third-order valence-electron chi connectivity index (χ3n) is 8.09. The van der Waals surface area contributed by atoms with Crippen LogP contribution in [-0.4, -0.2) is 56.3 Å². The fraction of sp³-hybridized carbons (Fsp3) is 0.708. The molecule has 2 saturated heterocycles. The molecule has 0 N–H and O–H groups in total. The van der Waals surface area contributed by atoms with Crippen LogP contribution < -0.4 is 5.59 Å². The van der Waals surface area contributed by atoms with E-state index >= 15 is 0 Å². The van der Waals surface area contributed by atoms with Crippen molar-refractivity contribution < 1.29 is 14.1 Å². The van der Waals surface area contributed by atoms with Gasteiger partial charge in [-0.3, -0.25) is 4.79 Å². The number of hydrogen-bond acceptors (Lipinski definition) is 5. The molecule has 7 nitrogen and oxygen atoms in total. The van der Waals surface area contributed by atoms with Crippen molar-refractivity contribution >= 4 is 24.3 Å². The Morgan fingerprint density at radius 2 is 1.75 bits per heavy atom. The average molecular weight is 438 g/mol. The molecule has 0 bridgehead atoms. The van der Waals surface area contributed by atoms with E-state index in [4.69, 9.17) is 19.4 Å². The Bertz CT molecular complexity index is 1040. The predicted molar refractivity (Wildman–Crippen MR) is 124 cm³/mol. The zero-order valence-corrected chi connectivity index (χ0v) is 20.3. The number of amides is 1. The largest absolute Gasteiger partial charge is 0.516 e. The van der Waals surface area contributed by atoms with Crippen LogP contribution in [0.4, 0.5) is 0 Å². The van der Waals surface area contributed by atoms with Gasteiger partial charge in [-0.25, -0.2) is 9.50 Å². The molecule has 2 aliphatic heterocycles. The van der Waals surface area contributed by atoms with Crippen molar-refractivity contribution in [2.24, 2.45) is 0 Å². The van der Waals surface area contributed by atoms with Crippen molar-refractivity contribution in [1.82, 2.24) is 19.5 Å². The second kappa shape index (κ2) is 7.29. The van der Waals surface area contributed by atoms with Gasteiger partial charge in [-0.2, -0.15) is 5.10 Å². The molecule has 4 heterocycles. The molecule has 0 spiro atoms. The summed E-state index contributed by atoms with van der Waals surface area (Å²) < 4.78 is 14.3. The summed E-state index contributed by atoms with van der Waals surface area (Å²) in [4.78, 5) is 20.3. The summed E-state index contributed by atoms with van der Waals surface area (Å²) in [5.74, 6) is 0.0331. The number of hydrogen-bond donors (Lipinski definition) is 0. The van der Waals surface area contributed by atoms with Crippen LogP contribution in [-0.2, 0) is 14.7 Å². The van der Waals surface area contributed by atoms with E-state index in [1.807, 2.05) is 49.2 Å². The Labute approximate surface area is 191 Å². The van der Waals surface area contributed by atoms with Crippen molar-refractivity contribution in [3.8, 4) is 0 Å². The molecule has 1 atom stereocenters. The van der Waals surface area contributed by atoms with Gasteiger partial charge in [0.1, 0.15) is 5.69 Å². The van der Waals surface area contributed by atoms with E-state index < -0.39 is 18.3 Å². The molecule has 0 unspecified atom stereocenters. The van der Waals surface area contributed by atoms with Gasteiger partial charge in [-0.15, -0.1) is 0 Å². The molecule has 2 aromatic heterocycles. The summed E-state index contributed by atoms with van der Waals surface area (Å²) in [7, 11) is -0.550. The van der Waals surface area contributed by atoms with Crippen LogP contribution in [0.1, 0.15) is 96.2 Å². The van der Waals surface area contributed by atoms with E-state index in [9.17, 15) is 4.79 Å². The van der Waals surface area contributed by atoms with E-state index in [0.29, 0.717) is 16.9 Å². The number of likely N-dealkylation sites (tertiary alicyclic amines) is 1. The lowest BCUT2D eigenvalue weighted by atomic mass is 9.85. The second-order valence-corrected chi connectivity index (χ2v) is 11.2. The minimum absolute atomic E-state index is 0.0276. The summed E-state index contributed by atoms with van der Waals surface area (Å²) >= 11 is 0. The first kappa shape index (κ1) is 21.9. The zero-order chi connectivity index (χ0) is 22.9. The summed E-state index contributed by atoms with van der Waals surface area (Å²) in [5.41, 5.74) is 2.12. The van der Waals surface area contributed by atoms with Gasteiger partial charge >= 0.3 is 7.12 Å². The zero-order valence-electron chi connectivity index (χ0n) is 20.3. The molecule has 0 radical (unpaired) electrons. The summed E-state index contributed by atoms with van der Waals surface area (Å²) in [6.45, 7) is 13.3. The smallest absolute Gasteiger partial charge is 0.398 e. The Kier molecular flexibility index (Phi) is 4.99. The summed E-state index contributed by atoms with van der Waals surface area (Å²) in [6.07, 6.45) is 6.65. The molecule has 3 fully saturated rings. The van der Waals surface area contributed by atoms with E-state index in [1.165, 1.54) is 12.8 Å². The fourth-order valence-corrected chi connectivity index (χ4v) is 4.78. The van der Waals surface area contributed by atoms with Crippen molar-refractivity contribution in [3.63, 3.8) is 0 Å². The summed E-state index contributed by atoms with van der Waals surface area (Å²) in [5, 5.41) is 4.85. The van der Waals surface area contributed by atoms with Crippen molar-refractivity contribution in [2.75, 3.05) is 6.54 Å². The number of rotatable bonds is 3. The number of fused-ring (bicyclic) bond motifs is 1. The molecule has 0 aromatic carbocycles. The fourth-order valence-electron chi connectivity index (χ4n) is 4.78. The van der Waals surface area contributed by atoms with Crippen LogP contribution in [0.2, 0.25) is 0 Å². The number of carbonyl (C=O) groups is 1. The van der Waals surface area contributed by atoms with Crippen LogP contribution in [0.25, 0.3) is 5.65 Å². The monoisotopic (exact) mass is 438 g/mol. The molecule has 5 rings (SSSR count). The lowest BCUT2D eigenvalue weighted by Gasteiger charge is -2.32. The first-order valence-electron chi connectivity index (χ1n) is 12.1. The average Bonchev–Trinajstić information content (AvgIpc) is 3.31. The molecule has 172 valence electrons. The molecule has 2 aromatic rings. The minimum Gasteiger partial charge on any atom is -0.398 e. The molecule has 3 aliphatic rings. The van der Waals surface area contributed by atoms with Crippen LogP contribution in [0.5, 0.6) is 0 Å². The van der Waals surface area contributed by atoms with Gasteiger partial charge in [0.15, 0.2) is 5.65 Å². The summed E-state index contributed by atoms with van der Waals surface area (Å²) in [6, 6.07) is 4.13. The molecule has 8 heteroatoms. The molecule has 1 aliphatic carbocycles. The van der Waals surface area contributed by atoms with Crippen LogP contribution in [0, 0.1) is 0 Å². The maximum Gasteiger partial charge on any atom is 0.516 e. The third-order valence-corrected chi connectivity index (χ3v) is 8.09. The Morgan fingerprint density at radius 1 is 1.06 bits per heavy atom. The first-order valence-corrected chi connectivity index (χ1v) is 12.1. The highest BCUT2D eigenvalue weighted by Crippen LogP contribution is 2.47. The van der Waals surface area contributed by atoms with E-state index in [0.717, 1.165) is 37.9 Å². The van der Waals surface area contributed by atoms with Gasteiger partial charge in [0, 0.05) is 24.1 Å². The van der Waals surface area contributed by atoms with Crippen molar-refractivity contribution in [1.29, 1.82) is 0 Å². The molecule has 1 saturated carbocycles. The molecule has 1 amide bonds. The maximum absolute atomic E-state index is 13.5. The lowest BCUT2D eigenvalue weighted by Crippen LogP contribution is -2.41. The highest BCUT2D eigenvalue weighted by Gasteiger charge is 2.53. The van der Waals surface area contributed by atoms with E-state index in [-0.39, 0.29) is 17.4 Å². The van der Waals surface area contributed by atoms with Gasteiger partial charge in [0.2, 0.25) is 0 Å². The highest BCUT2D eigenvalue weighted by molar-refractivity contribution is 6.61. The Balaban J connectivity index is 1.55. The van der Waals surface area contributed by atoms with Gasteiger partial charge in [-0.05, 0) is 66.4 Å². The first-order chi connectivity index (χ1) is 15.0. The van der Waals surface area contributed by atoms with Gasteiger partial charge in [0.05, 0.1) is 22.5 Å². The minimum atomic E-state index is -0.550. The number of carbonyl (C=O) groups excluding carboxylic acids is 1. The van der Waals surface area contributed by atoms with Crippen LogP contribution >= 0.6 is 0 Å². The predicted octanol–water partition coefficient (Wildman–Crippen LogP) is 3.48. The topological polar surface area (TPSA) is 69.0 Å².